The van der Waals surface area contributed by atoms with E-state index in [-0.39, 0.29) is 0 Å². The minimum Gasteiger partial charge on any atom is -0.383 e. The van der Waals surface area contributed by atoms with Crippen molar-refractivity contribution in [1.82, 2.24) is 15.1 Å². The molecule has 1 aliphatic rings. The quantitative estimate of drug-likeness (QED) is 0.716. The summed E-state index contributed by atoms with van der Waals surface area (Å²) in [5.74, 6) is 0. The van der Waals surface area contributed by atoms with Gasteiger partial charge in [-0.3, -0.25) is 4.68 Å². The number of ether oxygens (including phenoxy) is 1. The van der Waals surface area contributed by atoms with Crippen LogP contribution in [0.25, 0.3) is 0 Å². The van der Waals surface area contributed by atoms with Crippen LogP contribution in [0.4, 0.5) is 0 Å². The molecule has 1 heterocycles. The normalized spacial score (nSPS) is 17.7. The molecule has 0 bridgehead atoms. The summed E-state index contributed by atoms with van der Waals surface area (Å²) in [5.41, 5.74) is 1.87. The predicted octanol–water partition coefficient (Wildman–Crippen LogP) is 1.76. The van der Waals surface area contributed by atoms with Gasteiger partial charge in [0, 0.05) is 39.1 Å². The number of nitrogens with zero attached hydrogens (tertiary/aromatic N) is 2. The van der Waals surface area contributed by atoms with Crippen molar-refractivity contribution in [2.45, 2.75) is 32.1 Å². The second kappa shape index (κ2) is 6.34. The van der Waals surface area contributed by atoms with Crippen LogP contribution in [0, 0.1) is 5.41 Å². The molecule has 1 N–H and O–H groups in total. The second-order valence-corrected chi connectivity index (χ2v) is 5.47. The molecule has 1 saturated carbocycles. The number of rotatable bonds is 8. The van der Waals surface area contributed by atoms with Gasteiger partial charge in [0.1, 0.15) is 0 Å². The van der Waals surface area contributed by atoms with E-state index in [4.69, 9.17) is 4.74 Å². The Kier molecular flexibility index (Phi) is 4.78. The van der Waals surface area contributed by atoms with E-state index in [1.54, 1.807) is 7.11 Å². The van der Waals surface area contributed by atoms with Crippen molar-refractivity contribution in [2.75, 3.05) is 26.8 Å². The molecule has 0 spiro atoms. The summed E-state index contributed by atoms with van der Waals surface area (Å²) in [6.45, 7) is 2.90. The fourth-order valence-corrected chi connectivity index (χ4v) is 2.76. The molecule has 2 rings (SSSR count). The molecule has 4 nitrogen and oxygen atoms in total. The molecular weight excluding hydrogens is 226 g/mol. The molecule has 0 aliphatic heterocycles. The van der Waals surface area contributed by atoms with Gasteiger partial charge in [-0.15, -0.1) is 0 Å². The molecule has 1 aromatic rings. The van der Waals surface area contributed by atoms with Crippen molar-refractivity contribution >= 4 is 0 Å². The first-order chi connectivity index (χ1) is 8.76. The van der Waals surface area contributed by atoms with Gasteiger partial charge in [0.05, 0.1) is 6.61 Å². The highest BCUT2D eigenvalue weighted by molar-refractivity contribution is 5.02. The molecule has 1 aliphatic carbocycles. The van der Waals surface area contributed by atoms with Crippen molar-refractivity contribution < 1.29 is 4.74 Å². The van der Waals surface area contributed by atoms with Gasteiger partial charge >= 0.3 is 0 Å². The Morgan fingerprint density at radius 2 is 2.33 bits per heavy atom. The molecule has 0 aromatic carbocycles. The zero-order valence-electron chi connectivity index (χ0n) is 11.6. The maximum atomic E-state index is 5.07. The molecule has 18 heavy (non-hydrogen) atoms. The largest absolute Gasteiger partial charge is 0.383 e. The molecule has 102 valence electrons. The lowest BCUT2D eigenvalue weighted by Gasteiger charge is -2.42. The maximum Gasteiger partial charge on any atom is 0.0587 e. The van der Waals surface area contributed by atoms with Gasteiger partial charge in [0.25, 0.3) is 0 Å². The van der Waals surface area contributed by atoms with Crippen molar-refractivity contribution in [3.8, 4) is 0 Å². The smallest absolute Gasteiger partial charge is 0.0587 e. The van der Waals surface area contributed by atoms with E-state index < -0.39 is 0 Å². The molecule has 0 amide bonds. The van der Waals surface area contributed by atoms with Gasteiger partial charge in [0.15, 0.2) is 0 Å². The fraction of sp³-hybridized carbons (Fsp3) is 0.786. The van der Waals surface area contributed by atoms with Crippen molar-refractivity contribution in [2.24, 2.45) is 12.5 Å². The highest BCUT2D eigenvalue weighted by atomic mass is 16.5. The average molecular weight is 251 g/mol. The first-order valence-electron chi connectivity index (χ1n) is 6.92. The molecule has 0 radical (unpaired) electrons. The summed E-state index contributed by atoms with van der Waals surface area (Å²) >= 11 is 0. The predicted molar refractivity (Wildman–Crippen MR) is 72.6 cm³/mol. The van der Waals surface area contributed by atoms with Crippen LogP contribution in [0.5, 0.6) is 0 Å². The second-order valence-electron chi connectivity index (χ2n) is 5.47. The van der Waals surface area contributed by atoms with Crippen LogP contribution in [0.15, 0.2) is 12.3 Å². The first-order valence-corrected chi connectivity index (χ1v) is 6.92. The van der Waals surface area contributed by atoms with Gasteiger partial charge in [-0.1, -0.05) is 6.42 Å². The minimum absolute atomic E-state index is 0.526. The van der Waals surface area contributed by atoms with Gasteiger partial charge in [-0.2, -0.15) is 5.10 Å². The standard InChI is InChI=1S/C14H25N3O/c1-17-13(5-9-16-17)4-8-14(6-3-7-14)12-15-10-11-18-2/h5,9,15H,3-4,6-8,10-12H2,1-2H3. The van der Waals surface area contributed by atoms with E-state index in [0.717, 1.165) is 26.1 Å². The summed E-state index contributed by atoms with van der Waals surface area (Å²) in [5, 5.41) is 7.76. The lowest BCUT2D eigenvalue weighted by molar-refractivity contribution is 0.111. The fourth-order valence-electron chi connectivity index (χ4n) is 2.76. The Bertz CT molecular complexity index is 358. The van der Waals surface area contributed by atoms with Gasteiger partial charge in [0.2, 0.25) is 0 Å². The summed E-state index contributed by atoms with van der Waals surface area (Å²) in [4.78, 5) is 0. The molecular formula is C14H25N3O. The van der Waals surface area contributed by atoms with Gasteiger partial charge in [-0.25, -0.2) is 0 Å². The van der Waals surface area contributed by atoms with Crippen LogP contribution in [0.1, 0.15) is 31.4 Å². The van der Waals surface area contributed by atoms with Crippen LogP contribution in [0.2, 0.25) is 0 Å². The SMILES string of the molecule is COCCNCC1(CCc2ccnn2C)CCC1. The van der Waals surface area contributed by atoms with Crippen molar-refractivity contribution in [3.05, 3.63) is 18.0 Å². The van der Waals surface area contributed by atoms with Crippen LogP contribution < -0.4 is 5.32 Å². The number of hydrogen-bond acceptors (Lipinski definition) is 3. The van der Waals surface area contributed by atoms with Crippen molar-refractivity contribution in [1.29, 1.82) is 0 Å². The molecule has 1 aromatic heterocycles. The third kappa shape index (κ3) is 3.33. The summed E-state index contributed by atoms with van der Waals surface area (Å²) in [6.07, 6.45) is 8.42. The zero-order chi connectivity index (χ0) is 12.8. The van der Waals surface area contributed by atoms with Gasteiger partial charge < -0.3 is 10.1 Å². The molecule has 0 unspecified atom stereocenters. The monoisotopic (exact) mass is 251 g/mol. The Hall–Kier alpha value is -0.870. The lowest BCUT2D eigenvalue weighted by atomic mass is 9.66. The summed E-state index contributed by atoms with van der Waals surface area (Å²) < 4.78 is 7.06. The topological polar surface area (TPSA) is 39.1 Å². The number of aromatic nitrogens is 2. The summed E-state index contributed by atoms with van der Waals surface area (Å²) in [7, 11) is 3.78. The average Bonchev–Trinajstić information content (AvgIpc) is 2.72. The van der Waals surface area contributed by atoms with Crippen molar-refractivity contribution in [3.63, 3.8) is 0 Å². The van der Waals surface area contributed by atoms with Crippen LogP contribution in [-0.2, 0) is 18.2 Å². The van der Waals surface area contributed by atoms with E-state index >= 15 is 0 Å². The van der Waals surface area contributed by atoms with Gasteiger partial charge in [-0.05, 0) is 37.2 Å². The number of hydrogen-bond donors (Lipinski definition) is 1. The third-order valence-corrected chi connectivity index (χ3v) is 4.23. The van der Waals surface area contributed by atoms with Crippen LogP contribution >= 0.6 is 0 Å². The van der Waals surface area contributed by atoms with E-state index in [1.807, 2.05) is 17.9 Å². The lowest BCUT2D eigenvalue weighted by Crippen LogP contribution is -2.41. The summed E-state index contributed by atoms with van der Waals surface area (Å²) in [6, 6.07) is 2.13. The first kappa shape index (κ1) is 13.6. The maximum absolute atomic E-state index is 5.07. The molecule has 0 saturated heterocycles. The minimum atomic E-state index is 0.526. The van der Waals surface area contributed by atoms with E-state index in [0.29, 0.717) is 5.41 Å². The Morgan fingerprint density at radius 3 is 2.89 bits per heavy atom. The van der Waals surface area contributed by atoms with Crippen LogP contribution in [-0.4, -0.2) is 36.6 Å². The highest BCUT2D eigenvalue weighted by Gasteiger charge is 2.36. The number of aryl methyl sites for hydroxylation is 2. The van der Waals surface area contributed by atoms with E-state index in [1.165, 1.54) is 31.4 Å². The number of nitrogens with one attached hydrogen (secondary N) is 1. The third-order valence-electron chi connectivity index (χ3n) is 4.23. The Morgan fingerprint density at radius 1 is 1.50 bits per heavy atom. The highest BCUT2D eigenvalue weighted by Crippen LogP contribution is 2.44. The van der Waals surface area contributed by atoms with Crippen LogP contribution in [0.3, 0.4) is 0 Å². The Labute approximate surface area is 110 Å². The zero-order valence-corrected chi connectivity index (χ0v) is 11.6. The number of methoxy groups -OCH3 is 1. The molecule has 4 heteroatoms. The molecule has 0 atom stereocenters. The Balaban J connectivity index is 1.76. The van der Waals surface area contributed by atoms with E-state index in [2.05, 4.69) is 16.5 Å². The molecule has 1 fully saturated rings. The van der Waals surface area contributed by atoms with E-state index in [9.17, 15) is 0 Å².